The molecule has 0 saturated carbocycles. The van der Waals surface area contributed by atoms with E-state index in [2.05, 4.69) is 5.32 Å². The summed E-state index contributed by atoms with van der Waals surface area (Å²) >= 11 is 5.87. The van der Waals surface area contributed by atoms with Crippen LogP contribution in [0, 0.1) is 0 Å². The highest BCUT2D eigenvalue weighted by Crippen LogP contribution is 2.34. The van der Waals surface area contributed by atoms with Gasteiger partial charge in [0, 0.05) is 18.0 Å². The van der Waals surface area contributed by atoms with Gasteiger partial charge in [-0.15, -0.1) is 0 Å². The van der Waals surface area contributed by atoms with Crippen molar-refractivity contribution in [3.8, 4) is 0 Å². The minimum Gasteiger partial charge on any atom is -0.466 e. The standard InChI is InChI=1S/C23H27ClN2O3/c1-23(2)22(28)26(20-9-4-3-8-19(20)25-23)15-6-16-29-21(27)10-5-7-17-11-13-18(24)14-12-17/h3-4,8-9,11-14,25H,5-7,10,15-16H2,1-2H3. The van der Waals surface area contributed by atoms with Gasteiger partial charge >= 0.3 is 5.97 Å². The van der Waals surface area contributed by atoms with Crippen molar-refractivity contribution in [1.82, 2.24) is 0 Å². The summed E-state index contributed by atoms with van der Waals surface area (Å²) in [5, 5.41) is 3.99. The third-order valence-corrected chi connectivity index (χ3v) is 5.22. The molecule has 6 heteroatoms. The molecule has 0 spiro atoms. The maximum absolute atomic E-state index is 12.8. The fourth-order valence-corrected chi connectivity index (χ4v) is 3.57. The summed E-state index contributed by atoms with van der Waals surface area (Å²) in [5.41, 5.74) is 2.30. The lowest BCUT2D eigenvalue weighted by molar-refractivity contribution is -0.143. The maximum Gasteiger partial charge on any atom is 0.305 e. The molecule has 1 aliphatic heterocycles. The molecule has 0 atom stereocenters. The van der Waals surface area contributed by atoms with E-state index in [9.17, 15) is 9.59 Å². The molecule has 0 aliphatic carbocycles. The molecule has 2 aromatic carbocycles. The van der Waals surface area contributed by atoms with Gasteiger partial charge in [0.25, 0.3) is 5.91 Å². The van der Waals surface area contributed by atoms with Crippen molar-refractivity contribution in [3.63, 3.8) is 0 Å². The van der Waals surface area contributed by atoms with Crippen molar-refractivity contribution < 1.29 is 14.3 Å². The van der Waals surface area contributed by atoms with E-state index >= 15 is 0 Å². The summed E-state index contributed by atoms with van der Waals surface area (Å²) in [7, 11) is 0. The second kappa shape index (κ2) is 9.31. The van der Waals surface area contributed by atoms with Crippen molar-refractivity contribution in [3.05, 3.63) is 59.1 Å². The molecule has 154 valence electrons. The second-order valence-corrected chi connectivity index (χ2v) is 8.21. The predicted molar refractivity (Wildman–Crippen MR) is 116 cm³/mol. The van der Waals surface area contributed by atoms with E-state index in [4.69, 9.17) is 16.3 Å². The topological polar surface area (TPSA) is 58.6 Å². The number of aryl methyl sites for hydroxylation is 1. The molecular formula is C23H27ClN2O3. The molecule has 5 nitrogen and oxygen atoms in total. The van der Waals surface area contributed by atoms with Gasteiger partial charge in [0.05, 0.1) is 18.0 Å². The fourth-order valence-electron chi connectivity index (χ4n) is 3.44. The number of benzene rings is 2. The summed E-state index contributed by atoms with van der Waals surface area (Å²) in [4.78, 5) is 26.5. The summed E-state index contributed by atoms with van der Waals surface area (Å²) in [6.45, 7) is 4.57. The molecule has 0 radical (unpaired) electrons. The molecular weight excluding hydrogens is 388 g/mol. The zero-order valence-corrected chi connectivity index (χ0v) is 17.7. The molecule has 0 unspecified atom stereocenters. The molecule has 0 aromatic heterocycles. The van der Waals surface area contributed by atoms with Crippen LogP contribution in [0.1, 0.15) is 38.7 Å². The number of carbonyl (C=O) groups is 2. The zero-order valence-electron chi connectivity index (χ0n) is 16.9. The number of carbonyl (C=O) groups excluding carboxylic acids is 2. The van der Waals surface area contributed by atoms with Gasteiger partial charge in [0.1, 0.15) is 5.54 Å². The molecule has 29 heavy (non-hydrogen) atoms. The first-order valence-electron chi connectivity index (χ1n) is 9.96. The minimum absolute atomic E-state index is 0.0190. The van der Waals surface area contributed by atoms with Gasteiger partial charge in [-0.3, -0.25) is 9.59 Å². The number of para-hydroxylation sites is 2. The quantitative estimate of drug-likeness (QED) is 0.496. The SMILES string of the molecule is CC1(C)Nc2ccccc2N(CCCOC(=O)CCCc2ccc(Cl)cc2)C1=O. The van der Waals surface area contributed by atoms with Gasteiger partial charge in [0.2, 0.25) is 0 Å². The number of rotatable bonds is 8. The Morgan fingerprint density at radius 1 is 1.10 bits per heavy atom. The van der Waals surface area contributed by atoms with Crippen LogP contribution >= 0.6 is 11.6 Å². The average molecular weight is 415 g/mol. The van der Waals surface area contributed by atoms with Crippen LogP contribution in [0.3, 0.4) is 0 Å². The zero-order chi connectivity index (χ0) is 20.9. The molecule has 1 aliphatic rings. The van der Waals surface area contributed by atoms with Crippen LogP contribution in [0.5, 0.6) is 0 Å². The van der Waals surface area contributed by atoms with Crippen molar-refractivity contribution in [2.45, 2.75) is 45.1 Å². The second-order valence-electron chi connectivity index (χ2n) is 7.78. The maximum atomic E-state index is 12.8. The third-order valence-electron chi connectivity index (χ3n) is 4.97. The summed E-state index contributed by atoms with van der Waals surface area (Å²) in [6.07, 6.45) is 2.52. The van der Waals surface area contributed by atoms with Crippen molar-refractivity contribution in [2.24, 2.45) is 0 Å². The number of anilines is 2. The Morgan fingerprint density at radius 3 is 2.59 bits per heavy atom. The summed E-state index contributed by atoms with van der Waals surface area (Å²) < 4.78 is 5.35. The molecule has 0 fully saturated rings. The Balaban J connectivity index is 1.42. The molecule has 2 aromatic rings. The number of ether oxygens (including phenoxy) is 1. The van der Waals surface area contributed by atoms with E-state index in [1.807, 2.05) is 62.4 Å². The number of esters is 1. The molecule has 1 heterocycles. The van der Waals surface area contributed by atoms with Crippen LogP contribution in [0.4, 0.5) is 11.4 Å². The van der Waals surface area contributed by atoms with Crippen molar-refractivity contribution in [1.29, 1.82) is 0 Å². The first-order valence-corrected chi connectivity index (χ1v) is 10.3. The highest BCUT2D eigenvalue weighted by molar-refractivity contribution is 6.30. The average Bonchev–Trinajstić information content (AvgIpc) is 2.69. The lowest BCUT2D eigenvalue weighted by atomic mass is 9.98. The molecule has 1 amide bonds. The van der Waals surface area contributed by atoms with Gasteiger partial charge in [-0.25, -0.2) is 0 Å². The summed E-state index contributed by atoms with van der Waals surface area (Å²) in [6, 6.07) is 15.4. The number of hydrogen-bond donors (Lipinski definition) is 1. The first-order chi connectivity index (χ1) is 13.9. The van der Waals surface area contributed by atoms with Gasteiger partial charge in [-0.05, 0) is 62.9 Å². The predicted octanol–water partition coefficient (Wildman–Crippen LogP) is 4.83. The monoisotopic (exact) mass is 414 g/mol. The van der Waals surface area contributed by atoms with Crippen molar-refractivity contribution in [2.75, 3.05) is 23.4 Å². The number of fused-ring (bicyclic) bond motifs is 1. The van der Waals surface area contributed by atoms with Gasteiger partial charge in [-0.1, -0.05) is 35.9 Å². The van der Waals surface area contributed by atoms with E-state index in [-0.39, 0.29) is 11.9 Å². The number of amides is 1. The number of halogens is 1. The molecule has 3 rings (SSSR count). The highest BCUT2D eigenvalue weighted by atomic mass is 35.5. The number of nitrogens with zero attached hydrogens (tertiary/aromatic N) is 1. The van der Waals surface area contributed by atoms with Crippen LogP contribution < -0.4 is 10.2 Å². The third kappa shape index (κ3) is 5.51. The number of nitrogens with one attached hydrogen (secondary N) is 1. The highest BCUT2D eigenvalue weighted by Gasteiger charge is 2.38. The van der Waals surface area contributed by atoms with Crippen molar-refractivity contribution >= 4 is 34.9 Å². The van der Waals surface area contributed by atoms with Gasteiger partial charge < -0.3 is 15.0 Å². The molecule has 0 bridgehead atoms. The normalized spacial score (nSPS) is 14.9. The van der Waals surface area contributed by atoms with Gasteiger partial charge in [-0.2, -0.15) is 0 Å². The summed E-state index contributed by atoms with van der Waals surface area (Å²) in [5.74, 6) is -0.183. The Labute approximate surface area is 177 Å². The Morgan fingerprint density at radius 2 is 1.83 bits per heavy atom. The number of hydrogen-bond acceptors (Lipinski definition) is 4. The first kappa shape index (κ1) is 21.2. The van der Waals surface area contributed by atoms with Crippen LogP contribution in [0.25, 0.3) is 0 Å². The van der Waals surface area contributed by atoms with Crippen LogP contribution in [-0.2, 0) is 20.7 Å². The van der Waals surface area contributed by atoms with Crippen LogP contribution in [-0.4, -0.2) is 30.6 Å². The lowest BCUT2D eigenvalue weighted by Gasteiger charge is -2.40. The van der Waals surface area contributed by atoms with Crippen LogP contribution in [0.15, 0.2) is 48.5 Å². The van der Waals surface area contributed by atoms with Gasteiger partial charge in [0.15, 0.2) is 0 Å². The smallest absolute Gasteiger partial charge is 0.305 e. The van der Waals surface area contributed by atoms with E-state index in [1.54, 1.807) is 4.90 Å². The van der Waals surface area contributed by atoms with E-state index < -0.39 is 5.54 Å². The van der Waals surface area contributed by atoms with E-state index in [1.165, 1.54) is 0 Å². The Kier molecular flexibility index (Phi) is 6.80. The Hall–Kier alpha value is -2.53. The molecule has 0 saturated heterocycles. The largest absolute Gasteiger partial charge is 0.466 e. The fraction of sp³-hybridized carbons (Fsp3) is 0.391. The minimum atomic E-state index is -0.660. The Bertz CT molecular complexity index is 865. The van der Waals surface area contributed by atoms with Crippen LogP contribution in [0.2, 0.25) is 5.02 Å². The van der Waals surface area contributed by atoms with E-state index in [0.29, 0.717) is 31.0 Å². The molecule has 1 N–H and O–H groups in total. The lowest BCUT2D eigenvalue weighted by Crippen LogP contribution is -2.54. The van der Waals surface area contributed by atoms with E-state index in [0.717, 1.165) is 29.8 Å².